The highest BCUT2D eigenvalue weighted by Crippen LogP contribution is 2.16. The summed E-state index contributed by atoms with van der Waals surface area (Å²) in [5, 5.41) is 0.624. The number of carbonyl (C=O) groups excluding carboxylic acids is 2. The van der Waals surface area contributed by atoms with Crippen molar-refractivity contribution in [1.29, 1.82) is 0 Å². The van der Waals surface area contributed by atoms with Crippen LogP contribution in [0.25, 0.3) is 0 Å². The maximum absolute atomic E-state index is 12.6. The normalized spacial score (nSPS) is 14.7. The molecule has 2 aromatic carbocycles. The van der Waals surface area contributed by atoms with E-state index < -0.39 is 0 Å². The monoisotopic (exact) mass is 372 g/mol. The first-order valence-corrected chi connectivity index (χ1v) is 9.02. The van der Waals surface area contributed by atoms with Crippen molar-refractivity contribution in [3.05, 3.63) is 65.2 Å². The zero-order valence-corrected chi connectivity index (χ0v) is 15.2. The van der Waals surface area contributed by atoms with E-state index in [-0.39, 0.29) is 18.4 Å². The Kier molecular flexibility index (Phi) is 6.12. The molecule has 1 fully saturated rings. The predicted molar refractivity (Wildman–Crippen MR) is 100 cm³/mol. The summed E-state index contributed by atoms with van der Waals surface area (Å²) >= 11 is 5.83. The Balaban J connectivity index is 1.52. The average Bonchev–Trinajstić information content (AvgIpc) is 2.94. The van der Waals surface area contributed by atoms with Crippen LogP contribution in [0.1, 0.15) is 16.8 Å². The topological polar surface area (TPSA) is 49.9 Å². The summed E-state index contributed by atoms with van der Waals surface area (Å²) in [5.74, 6) is 0.546. The van der Waals surface area contributed by atoms with Crippen molar-refractivity contribution in [2.75, 3.05) is 32.8 Å². The van der Waals surface area contributed by atoms with E-state index in [2.05, 4.69) is 0 Å². The van der Waals surface area contributed by atoms with Gasteiger partial charge in [-0.1, -0.05) is 29.8 Å². The summed E-state index contributed by atoms with van der Waals surface area (Å²) in [6.45, 7) is 2.30. The van der Waals surface area contributed by atoms with E-state index in [1.807, 2.05) is 35.2 Å². The molecule has 2 amide bonds. The van der Waals surface area contributed by atoms with E-state index in [1.165, 1.54) is 0 Å². The van der Waals surface area contributed by atoms with Crippen molar-refractivity contribution in [1.82, 2.24) is 9.80 Å². The molecule has 0 N–H and O–H groups in total. The lowest BCUT2D eigenvalue weighted by Crippen LogP contribution is -2.39. The minimum absolute atomic E-state index is 0.0114. The van der Waals surface area contributed by atoms with Gasteiger partial charge in [0.1, 0.15) is 5.75 Å². The predicted octanol–water partition coefficient (Wildman–Crippen LogP) is 3.09. The number of halogens is 1. The molecule has 5 nitrogen and oxygen atoms in total. The van der Waals surface area contributed by atoms with Gasteiger partial charge in [0.05, 0.1) is 0 Å². The van der Waals surface area contributed by atoms with Crippen LogP contribution in [0.5, 0.6) is 5.75 Å². The van der Waals surface area contributed by atoms with Crippen LogP contribution in [0.3, 0.4) is 0 Å². The first kappa shape index (κ1) is 18.3. The minimum Gasteiger partial charge on any atom is -0.484 e. The lowest BCUT2D eigenvalue weighted by molar-refractivity contribution is -0.133. The van der Waals surface area contributed by atoms with Crippen LogP contribution in [-0.2, 0) is 4.79 Å². The fraction of sp³-hybridized carbons (Fsp3) is 0.300. The SMILES string of the molecule is O=C(COc1ccc(Cl)cc1)N1CCCN(C(=O)c2ccccc2)CC1. The van der Waals surface area contributed by atoms with Crippen molar-refractivity contribution in [3.8, 4) is 5.75 Å². The van der Waals surface area contributed by atoms with Gasteiger partial charge in [0.2, 0.25) is 0 Å². The molecule has 3 rings (SSSR count). The maximum atomic E-state index is 12.6. The Hall–Kier alpha value is -2.53. The largest absolute Gasteiger partial charge is 0.484 e. The number of carbonyl (C=O) groups is 2. The summed E-state index contributed by atoms with van der Waals surface area (Å²) in [6.07, 6.45) is 0.755. The highest BCUT2D eigenvalue weighted by atomic mass is 35.5. The average molecular weight is 373 g/mol. The highest BCUT2D eigenvalue weighted by molar-refractivity contribution is 6.30. The molecule has 1 aliphatic heterocycles. The molecule has 0 saturated carbocycles. The van der Waals surface area contributed by atoms with Crippen LogP contribution in [0.2, 0.25) is 5.02 Å². The second-order valence-corrected chi connectivity index (χ2v) is 6.57. The van der Waals surface area contributed by atoms with Gasteiger partial charge >= 0.3 is 0 Å². The van der Waals surface area contributed by atoms with Crippen LogP contribution < -0.4 is 4.74 Å². The molecule has 136 valence electrons. The van der Waals surface area contributed by atoms with Gasteiger partial charge in [0.15, 0.2) is 6.61 Å². The van der Waals surface area contributed by atoms with Gasteiger partial charge in [0, 0.05) is 36.8 Å². The van der Waals surface area contributed by atoms with Crippen LogP contribution in [0, 0.1) is 0 Å². The number of hydrogen-bond donors (Lipinski definition) is 0. The molecule has 0 unspecified atom stereocenters. The van der Waals surface area contributed by atoms with E-state index in [0.29, 0.717) is 42.5 Å². The summed E-state index contributed by atoms with van der Waals surface area (Å²) in [5.41, 5.74) is 0.679. The smallest absolute Gasteiger partial charge is 0.260 e. The summed E-state index contributed by atoms with van der Waals surface area (Å²) in [6, 6.07) is 16.1. The summed E-state index contributed by atoms with van der Waals surface area (Å²) in [4.78, 5) is 28.5. The molecular formula is C20H21ClN2O3. The fourth-order valence-corrected chi connectivity index (χ4v) is 3.03. The number of rotatable bonds is 4. The van der Waals surface area contributed by atoms with E-state index in [0.717, 1.165) is 6.42 Å². The van der Waals surface area contributed by atoms with Crippen molar-refractivity contribution in [3.63, 3.8) is 0 Å². The van der Waals surface area contributed by atoms with Gasteiger partial charge < -0.3 is 14.5 Å². The van der Waals surface area contributed by atoms with Crippen LogP contribution in [0.15, 0.2) is 54.6 Å². The van der Waals surface area contributed by atoms with Crippen molar-refractivity contribution in [2.45, 2.75) is 6.42 Å². The molecule has 0 spiro atoms. The number of hydrogen-bond acceptors (Lipinski definition) is 3. The number of benzene rings is 2. The van der Waals surface area contributed by atoms with Gasteiger partial charge in [-0.25, -0.2) is 0 Å². The molecule has 0 radical (unpaired) electrons. The molecule has 0 aromatic heterocycles. The second-order valence-electron chi connectivity index (χ2n) is 6.14. The Morgan fingerprint density at radius 2 is 1.54 bits per heavy atom. The Bertz CT molecular complexity index is 749. The molecule has 6 heteroatoms. The van der Waals surface area contributed by atoms with Crippen LogP contribution >= 0.6 is 11.6 Å². The van der Waals surface area contributed by atoms with Gasteiger partial charge in [0.25, 0.3) is 11.8 Å². The third-order valence-electron chi connectivity index (χ3n) is 4.33. The van der Waals surface area contributed by atoms with Crippen LogP contribution in [0.4, 0.5) is 0 Å². The lowest BCUT2D eigenvalue weighted by atomic mass is 10.2. The highest BCUT2D eigenvalue weighted by Gasteiger charge is 2.22. The fourth-order valence-electron chi connectivity index (χ4n) is 2.90. The summed E-state index contributed by atoms with van der Waals surface area (Å²) in [7, 11) is 0. The Morgan fingerprint density at radius 3 is 2.27 bits per heavy atom. The van der Waals surface area contributed by atoms with E-state index >= 15 is 0 Å². The molecule has 0 bridgehead atoms. The molecule has 1 aliphatic rings. The van der Waals surface area contributed by atoms with Crippen molar-refractivity contribution in [2.24, 2.45) is 0 Å². The zero-order chi connectivity index (χ0) is 18.4. The Morgan fingerprint density at radius 1 is 0.885 bits per heavy atom. The zero-order valence-electron chi connectivity index (χ0n) is 14.4. The van der Waals surface area contributed by atoms with Gasteiger partial charge in [-0.15, -0.1) is 0 Å². The number of ether oxygens (including phenoxy) is 1. The molecule has 26 heavy (non-hydrogen) atoms. The number of nitrogens with zero attached hydrogens (tertiary/aromatic N) is 2. The maximum Gasteiger partial charge on any atom is 0.260 e. The molecule has 0 atom stereocenters. The second kappa shape index (κ2) is 8.72. The molecule has 0 aliphatic carbocycles. The quantitative estimate of drug-likeness (QED) is 0.828. The molecule has 1 heterocycles. The van der Waals surface area contributed by atoms with E-state index in [4.69, 9.17) is 16.3 Å². The third kappa shape index (κ3) is 4.76. The first-order valence-electron chi connectivity index (χ1n) is 8.64. The lowest BCUT2D eigenvalue weighted by Gasteiger charge is -2.22. The molecule has 1 saturated heterocycles. The van der Waals surface area contributed by atoms with Gasteiger partial charge in [-0.3, -0.25) is 9.59 Å². The van der Waals surface area contributed by atoms with Gasteiger partial charge in [-0.05, 0) is 42.8 Å². The van der Waals surface area contributed by atoms with E-state index in [9.17, 15) is 9.59 Å². The van der Waals surface area contributed by atoms with Crippen molar-refractivity contribution >= 4 is 23.4 Å². The minimum atomic E-state index is -0.0750. The third-order valence-corrected chi connectivity index (χ3v) is 4.58. The molecule has 2 aromatic rings. The van der Waals surface area contributed by atoms with E-state index in [1.54, 1.807) is 29.2 Å². The van der Waals surface area contributed by atoms with Gasteiger partial charge in [-0.2, -0.15) is 0 Å². The number of amides is 2. The standard InChI is InChI=1S/C20H21ClN2O3/c21-17-7-9-18(10-8-17)26-15-19(24)22-11-4-12-23(14-13-22)20(25)16-5-2-1-3-6-16/h1-3,5-10H,4,11-15H2. The summed E-state index contributed by atoms with van der Waals surface area (Å²) < 4.78 is 5.53. The first-order chi connectivity index (χ1) is 12.6. The van der Waals surface area contributed by atoms with Crippen LogP contribution in [-0.4, -0.2) is 54.4 Å². The Labute approximate surface area is 158 Å². The molecular weight excluding hydrogens is 352 g/mol. The van der Waals surface area contributed by atoms with Crippen molar-refractivity contribution < 1.29 is 14.3 Å².